The van der Waals surface area contributed by atoms with Crippen molar-refractivity contribution in [2.75, 3.05) is 14.1 Å². The lowest BCUT2D eigenvalue weighted by molar-refractivity contribution is 0.254. The fourth-order valence-corrected chi connectivity index (χ4v) is 3.78. The maximum atomic E-state index is 12.3. The van der Waals surface area contributed by atoms with Crippen molar-refractivity contribution < 1.29 is 8.42 Å². The van der Waals surface area contributed by atoms with E-state index in [0.29, 0.717) is 6.04 Å². The van der Waals surface area contributed by atoms with Gasteiger partial charge in [-0.2, -0.15) is 9.40 Å². The third-order valence-electron chi connectivity index (χ3n) is 3.75. The maximum absolute atomic E-state index is 12.3. The summed E-state index contributed by atoms with van der Waals surface area (Å²) in [6, 6.07) is 2.10. The van der Waals surface area contributed by atoms with Crippen molar-refractivity contribution in [3.8, 4) is 0 Å². The van der Waals surface area contributed by atoms with Gasteiger partial charge in [0, 0.05) is 19.1 Å². The Morgan fingerprint density at radius 1 is 1.39 bits per heavy atom. The Kier molecular flexibility index (Phi) is 4.04. The van der Waals surface area contributed by atoms with Crippen LogP contribution >= 0.6 is 0 Å². The first-order chi connectivity index (χ1) is 8.55. The molecule has 1 saturated carbocycles. The standard InChI is InChI=1S/C11H20N4O2S/c1-12-9-3-5-10(6-4-9)15(2)18(16,17)11-7-8-13-14-11/h7-10,12H,3-6H2,1-2H3,(H,13,14). The zero-order valence-corrected chi connectivity index (χ0v) is 11.6. The number of nitrogens with one attached hydrogen (secondary N) is 2. The van der Waals surface area contributed by atoms with Crippen LogP contribution in [0.2, 0.25) is 0 Å². The number of rotatable bonds is 4. The van der Waals surface area contributed by atoms with Crippen LogP contribution in [0.5, 0.6) is 0 Å². The summed E-state index contributed by atoms with van der Waals surface area (Å²) < 4.78 is 26.0. The van der Waals surface area contributed by atoms with E-state index in [4.69, 9.17) is 0 Å². The molecule has 0 radical (unpaired) electrons. The van der Waals surface area contributed by atoms with Crippen LogP contribution in [0, 0.1) is 0 Å². The molecule has 0 saturated heterocycles. The smallest absolute Gasteiger partial charge is 0.259 e. The van der Waals surface area contributed by atoms with E-state index in [9.17, 15) is 8.42 Å². The summed E-state index contributed by atoms with van der Waals surface area (Å²) in [5.41, 5.74) is 0. The Labute approximate surface area is 108 Å². The first-order valence-electron chi connectivity index (χ1n) is 6.20. The molecule has 0 aromatic carbocycles. The monoisotopic (exact) mass is 272 g/mol. The van der Waals surface area contributed by atoms with Gasteiger partial charge >= 0.3 is 0 Å². The van der Waals surface area contributed by atoms with E-state index in [2.05, 4.69) is 15.5 Å². The van der Waals surface area contributed by atoms with Gasteiger partial charge in [0.25, 0.3) is 10.0 Å². The van der Waals surface area contributed by atoms with Crippen molar-refractivity contribution in [2.45, 2.75) is 42.8 Å². The van der Waals surface area contributed by atoms with E-state index in [1.54, 1.807) is 7.05 Å². The summed E-state index contributed by atoms with van der Waals surface area (Å²) in [5.74, 6) is 0. The lowest BCUT2D eigenvalue weighted by Crippen LogP contribution is -2.42. The minimum Gasteiger partial charge on any atom is -0.317 e. The molecule has 102 valence electrons. The van der Waals surface area contributed by atoms with Gasteiger partial charge in [0.2, 0.25) is 0 Å². The van der Waals surface area contributed by atoms with Crippen molar-refractivity contribution in [3.05, 3.63) is 12.3 Å². The molecule has 0 bridgehead atoms. The number of nitrogens with zero attached hydrogens (tertiary/aromatic N) is 2. The third kappa shape index (κ3) is 2.57. The lowest BCUT2D eigenvalue weighted by atomic mass is 9.91. The number of aromatic amines is 1. The Balaban J connectivity index is 2.06. The summed E-state index contributed by atoms with van der Waals surface area (Å²) in [6.07, 6.45) is 5.29. The second-order valence-electron chi connectivity index (χ2n) is 4.74. The Morgan fingerprint density at radius 3 is 2.56 bits per heavy atom. The molecule has 18 heavy (non-hydrogen) atoms. The van der Waals surface area contributed by atoms with Crippen LogP contribution in [0.1, 0.15) is 25.7 Å². The second kappa shape index (κ2) is 5.38. The normalized spacial score (nSPS) is 25.5. The molecule has 0 spiro atoms. The van der Waals surface area contributed by atoms with Crippen LogP contribution in [0.4, 0.5) is 0 Å². The van der Waals surface area contributed by atoms with Gasteiger partial charge in [-0.05, 0) is 38.8 Å². The van der Waals surface area contributed by atoms with Crippen LogP contribution in [-0.4, -0.2) is 49.1 Å². The molecule has 2 N–H and O–H groups in total. The molecule has 1 aromatic heterocycles. The first kappa shape index (κ1) is 13.5. The highest BCUT2D eigenvalue weighted by Gasteiger charge is 2.31. The van der Waals surface area contributed by atoms with Gasteiger partial charge in [0.1, 0.15) is 0 Å². The van der Waals surface area contributed by atoms with Crippen molar-refractivity contribution in [2.24, 2.45) is 0 Å². The molecule has 2 rings (SSSR count). The summed E-state index contributed by atoms with van der Waals surface area (Å²) in [6.45, 7) is 0. The molecule has 0 atom stereocenters. The molecule has 0 aliphatic heterocycles. The SMILES string of the molecule is CNC1CCC(N(C)S(=O)(=O)c2ccn[nH]2)CC1. The summed E-state index contributed by atoms with van der Waals surface area (Å²) in [7, 11) is 0.183. The molecule has 1 aromatic rings. The number of hydrogen-bond donors (Lipinski definition) is 2. The van der Waals surface area contributed by atoms with Crippen LogP contribution in [0.25, 0.3) is 0 Å². The summed E-state index contributed by atoms with van der Waals surface area (Å²) in [5, 5.41) is 9.64. The van der Waals surface area contributed by atoms with E-state index in [1.165, 1.54) is 16.6 Å². The molecule has 6 nitrogen and oxygen atoms in total. The highest BCUT2D eigenvalue weighted by molar-refractivity contribution is 7.89. The fourth-order valence-electron chi connectivity index (χ4n) is 2.47. The molecular formula is C11H20N4O2S. The lowest BCUT2D eigenvalue weighted by Gasteiger charge is -2.33. The van der Waals surface area contributed by atoms with E-state index in [0.717, 1.165) is 25.7 Å². The van der Waals surface area contributed by atoms with Gasteiger partial charge in [-0.1, -0.05) is 0 Å². The molecule has 0 amide bonds. The average molecular weight is 272 g/mol. The predicted molar refractivity (Wildman–Crippen MR) is 68.6 cm³/mol. The van der Waals surface area contributed by atoms with Gasteiger partial charge in [0.05, 0.1) is 6.20 Å². The van der Waals surface area contributed by atoms with Crippen molar-refractivity contribution in [1.82, 2.24) is 19.8 Å². The second-order valence-corrected chi connectivity index (χ2v) is 6.70. The van der Waals surface area contributed by atoms with E-state index in [1.807, 2.05) is 7.05 Å². The van der Waals surface area contributed by atoms with E-state index in [-0.39, 0.29) is 11.1 Å². The number of hydrogen-bond acceptors (Lipinski definition) is 4. The van der Waals surface area contributed by atoms with Crippen LogP contribution in [-0.2, 0) is 10.0 Å². The average Bonchev–Trinajstić information content (AvgIpc) is 2.92. The number of aromatic nitrogens is 2. The van der Waals surface area contributed by atoms with E-state index >= 15 is 0 Å². The fraction of sp³-hybridized carbons (Fsp3) is 0.727. The van der Waals surface area contributed by atoms with Crippen molar-refractivity contribution in [1.29, 1.82) is 0 Å². The van der Waals surface area contributed by atoms with Gasteiger partial charge in [-0.15, -0.1) is 0 Å². The molecule has 1 fully saturated rings. The highest BCUT2D eigenvalue weighted by Crippen LogP contribution is 2.25. The molecule has 0 unspecified atom stereocenters. The Morgan fingerprint density at radius 2 is 2.06 bits per heavy atom. The zero-order chi connectivity index (χ0) is 13.2. The predicted octanol–water partition coefficient (Wildman–Crippen LogP) is 0.561. The zero-order valence-electron chi connectivity index (χ0n) is 10.8. The summed E-state index contributed by atoms with van der Waals surface area (Å²) in [4.78, 5) is 0. The van der Waals surface area contributed by atoms with E-state index < -0.39 is 10.0 Å². The molecule has 7 heteroatoms. The van der Waals surface area contributed by atoms with Gasteiger partial charge in [-0.3, -0.25) is 5.10 Å². The van der Waals surface area contributed by atoms with Gasteiger partial charge in [-0.25, -0.2) is 8.42 Å². The van der Waals surface area contributed by atoms with Crippen LogP contribution in [0.15, 0.2) is 17.3 Å². The minimum atomic E-state index is -3.42. The third-order valence-corrected chi connectivity index (χ3v) is 5.59. The number of sulfonamides is 1. The molecule has 1 heterocycles. The highest BCUT2D eigenvalue weighted by atomic mass is 32.2. The Bertz CT molecular complexity index is 463. The molecule has 1 aliphatic carbocycles. The minimum absolute atomic E-state index is 0.0860. The van der Waals surface area contributed by atoms with Crippen LogP contribution < -0.4 is 5.32 Å². The largest absolute Gasteiger partial charge is 0.317 e. The van der Waals surface area contributed by atoms with Gasteiger partial charge < -0.3 is 5.32 Å². The molecule has 1 aliphatic rings. The topological polar surface area (TPSA) is 78.1 Å². The Hall–Kier alpha value is -0.920. The quantitative estimate of drug-likeness (QED) is 0.839. The first-order valence-corrected chi connectivity index (χ1v) is 7.64. The van der Waals surface area contributed by atoms with Crippen molar-refractivity contribution >= 4 is 10.0 Å². The number of H-pyrrole nitrogens is 1. The summed E-state index contributed by atoms with van der Waals surface area (Å²) >= 11 is 0. The van der Waals surface area contributed by atoms with Gasteiger partial charge in [0.15, 0.2) is 5.03 Å². The van der Waals surface area contributed by atoms with Crippen molar-refractivity contribution in [3.63, 3.8) is 0 Å². The van der Waals surface area contributed by atoms with Crippen LogP contribution in [0.3, 0.4) is 0 Å². The molecular weight excluding hydrogens is 252 g/mol. The maximum Gasteiger partial charge on any atom is 0.259 e.